The number of carbonyl (C=O) groups is 1. The number of urea groups is 1. The summed E-state index contributed by atoms with van der Waals surface area (Å²) >= 11 is 1.38. The smallest absolute Gasteiger partial charge is 0.321 e. The summed E-state index contributed by atoms with van der Waals surface area (Å²) in [5, 5.41) is 12.2. The molecule has 0 spiro atoms. The Balaban J connectivity index is 1.50. The highest BCUT2D eigenvalue weighted by atomic mass is 32.1. The standard InChI is InChI=1S/C14H17N5O2S/c20-12-2-1-7-16-19(12)11-5-3-10(4-6-11)17-13(21)18-14-15-8-9-22-14/h1-2,7-11H,3-6H2,(H2,15,17,18,21). The van der Waals surface area contributed by atoms with Crippen LogP contribution in [0.4, 0.5) is 9.93 Å². The zero-order valence-electron chi connectivity index (χ0n) is 11.9. The molecular formula is C14H17N5O2S. The quantitative estimate of drug-likeness (QED) is 0.905. The van der Waals surface area contributed by atoms with Gasteiger partial charge in [-0.05, 0) is 31.7 Å². The van der Waals surface area contributed by atoms with Gasteiger partial charge in [0.1, 0.15) is 0 Å². The lowest BCUT2D eigenvalue weighted by Gasteiger charge is -2.29. The highest BCUT2D eigenvalue weighted by Crippen LogP contribution is 2.26. The first-order valence-electron chi connectivity index (χ1n) is 7.23. The largest absolute Gasteiger partial charge is 0.335 e. The molecule has 0 saturated heterocycles. The molecule has 1 fully saturated rings. The molecule has 2 heterocycles. The van der Waals surface area contributed by atoms with Crippen molar-refractivity contribution in [2.75, 3.05) is 5.32 Å². The second kappa shape index (κ2) is 6.69. The Labute approximate surface area is 131 Å². The van der Waals surface area contributed by atoms with Crippen LogP contribution in [0.3, 0.4) is 0 Å². The Hall–Kier alpha value is -2.22. The molecule has 22 heavy (non-hydrogen) atoms. The lowest BCUT2D eigenvalue weighted by atomic mass is 9.91. The van der Waals surface area contributed by atoms with Gasteiger partial charge in [0.05, 0.1) is 6.04 Å². The van der Waals surface area contributed by atoms with Gasteiger partial charge in [-0.25, -0.2) is 14.5 Å². The van der Waals surface area contributed by atoms with Crippen molar-refractivity contribution in [1.82, 2.24) is 20.1 Å². The molecule has 2 aromatic rings. The van der Waals surface area contributed by atoms with Crippen molar-refractivity contribution >= 4 is 22.5 Å². The van der Waals surface area contributed by atoms with Gasteiger partial charge < -0.3 is 5.32 Å². The first kappa shape index (κ1) is 14.7. The molecule has 1 saturated carbocycles. The summed E-state index contributed by atoms with van der Waals surface area (Å²) in [7, 11) is 0. The Morgan fingerprint density at radius 3 is 2.77 bits per heavy atom. The van der Waals surface area contributed by atoms with Crippen LogP contribution in [0.25, 0.3) is 0 Å². The van der Waals surface area contributed by atoms with Gasteiger partial charge in [0.15, 0.2) is 5.13 Å². The monoisotopic (exact) mass is 319 g/mol. The molecule has 1 aliphatic carbocycles. The maximum Gasteiger partial charge on any atom is 0.321 e. The summed E-state index contributed by atoms with van der Waals surface area (Å²) < 4.78 is 1.55. The molecule has 0 radical (unpaired) electrons. The van der Waals surface area contributed by atoms with E-state index in [1.807, 2.05) is 5.38 Å². The average molecular weight is 319 g/mol. The molecular weight excluding hydrogens is 302 g/mol. The minimum Gasteiger partial charge on any atom is -0.335 e. The summed E-state index contributed by atoms with van der Waals surface area (Å²) in [6, 6.07) is 3.19. The molecule has 0 bridgehead atoms. The molecule has 0 aromatic carbocycles. The van der Waals surface area contributed by atoms with Crippen LogP contribution in [0, 0.1) is 0 Å². The molecule has 0 aliphatic heterocycles. The van der Waals surface area contributed by atoms with Gasteiger partial charge in [0, 0.05) is 29.9 Å². The third-order valence-corrected chi connectivity index (χ3v) is 4.46. The number of thiazole rings is 1. The molecule has 3 rings (SSSR count). The molecule has 0 unspecified atom stereocenters. The minimum atomic E-state index is -0.228. The normalized spacial score (nSPS) is 21.3. The van der Waals surface area contributed by atoms with E-state index in [-0.39, 0.29) is 23.7 Å². The summed E-state index contributed by atoms with van der Waals surface area (Å²) in [6.07, 6.45) is 6.61. The summed E-state index contributed by atoms with van der Waals surface area (Å²) in [5.41, 5.74) is -0.0691. The molecule has 1 aliphatic rings. The number of nitrogens with zero attached hydrogens (tertiary/aromatic N) is 3. The number of nitrogens with one attached hydrogen (secondary N) is 2. The topological polar surface area (TPSA) is 88.9 Å². The van der Waals surface area contributed by atoms with Gasteiger partial charge in [-0.3, -0.25) is 10.1 Å². The van der Waals surface area contributed by atoms with Crippen LogP contribution in [0.5, 0.6) is 0 Å². The van der Waals surface area contributed by atoms with Crippen molar-refractivity contribution < 1.29 is 4.79 Å². The number of aromatic nitrogens is 3. The van der Waals surface area contributed by atoms with Gasteiger partial charge >= 0.3 is 6.03 Å². The number of anilines is 1. The van der Waals surface area contributed by atoms with Crippen LogP contribution in [0.1, 0.15) is 31.7 Å². The maximum absolute atomic E-state index is 11.9. The van der Waals surface area contributed by atoms with Gasteiger partial charge in [0.2, 0.25) is 0 Å². The van der Waals surface area contributed by atoms with E-state index >= 15 is 0 Å². The van der Waals surface area contributed by atoms with Crippen molar-refractivity contribution in [2.24, 2.45) is 0 Å². The number of rotatable bonds is 3. The van der Waals surface area contributed by atoms with E-state index in [0.717, 1.165) is 25.7 Å². The van der Waals surface area contributed by atoms with Crippen molar-refractivity contribution in [3.05, 3.63) is 40.3 Å². The molecule has 8 heteroatoms. The van der Waals surface area contributed by atoms with Crippen LogP contribution in [-0.2, 0) is 0 Å². The van der Waals surface area contributed by atoms with Gasteiger partial charge in [-0.15, -0.1) is 11.3 Å². The number of hydrogen-bond donors (Lipinski definition) is 2. The molecule has 2 N–H and O–H groups in total. The van der Waals surface area contributed by atoms with E-state index in [0.29, 0.717) is 5.13 Å². The van der Waals surface area contributed by atoms with E-state index in [1.165, 1.54) is 17.4 Å². The predicted molar refractivity (Wildman–Crippen MR) is 84.1 cm³/mol. The van der Waals surface area contributed by atoms with Crippen LogP contribution in [0.2, 0.25) is 0 Å². The fraction of sp³-hybridized carbons (Fsp3) is 0.429. The Morgan fingerprint density at radius 2 is 2.09 bits per heavy atom. The van der Waals surface area contributed by atoms with Crippen LogP contribution < -0.4 is 16.2 Å². The van der Waals surface area contributed by atoms with Crippen molar-refractivity contribution in [3.63, 3.8) is 0 Å². The highest BCUT2D eigenvalue weighted by Gasteiger charge is 2.24. The predicted octanol–water partition coefficient (Wildman–Crippen LogP) is 2.01. The van der Waals surface area contributed by atoms with E-state index in [2.05, 4.69) is 20.7 Å². The van der Waals surface area contributed by atoms with Gasteiger partial charge in [-0.1, -0.05) is 0 Å². The van der Waals surface area contributed by atoms with Crippen LogP contribution in [0.15, 0.2) is 34.7 Å². The van der Waals surface area contributed by atoms with Crippen molar-refractivity contribution in [1.29, 1.82) is 0 Å². The second-order valence-electron chi connectivity index (χ2n) is 5.25. The lowest BCUT2D eigenvalue weighted by Crippen LogP contribution is -2.41. The summed E-state index contributed by atoms with van der Waals surface area (Å²) in [6.45, 7) is 0. The zero-order chi connectivity index (χ0) is 15.4. The fourth-order valence-corrected chi connectivity index (χ4v) is 3.24. The average Bonchev–Trinajstić information content (AvgIpc) is 3.01. The Bertz CT molecular complexity index is 677. The maximum atomic E-state index is 11.9. The minimum absolute atomic E-state index is 0.0691. The van der Waals surface area contributed by atoms with E-state index in [4.69, 9.17) is 0 Å². The third kappa shape index (κ3) is 3.51. The van der Waals surface area contributed by atoms with Gasteiger partial charge in [0.25, 0.3) is 5.56 Å². The van der Waals surface area contributed by atoms with E-state index in [1.54, 1.807) is 23.1 Å². The molecule has 7 nitrogen and oxygen atoms in total. The highest BCUT2D eigenvalue weighted by molar-refractivity contribution is 7.13. The van der Waals surface area contributed by atoms with Crippen LogP contribution in [-0.4, -0.2) is 26.8 Å². The molecule has 116 valence electrons. The number of carbonyl (C=O) groups excluding carboxylic acids is 1. The Kier molecular flexibility index (Phi) is 4.47. The number of amides is 2. The molecule has 2 amide bonds. The molecule has 0 atom stereocenters. The Morgan fingerprint density at radius 1 is 1.27 bits per heavy atom. The molecule has 2 aromatic heterocycles. The van der Waals surface area contributed by atoms with Gasteiger partial charge in [-0.2, -0.15) is 5.10 Å². The second-order valence-corrected chi connectivity index (χ2v) is 6.14. The van der Waals surface area contributed by atoms with E-state index < -0.39 is 0 Å². The number of hydrogen-bond acceptors (Lipinski definition) is 5. The van der Waals surface area contributed by atoms with Crippen LogP contribution >= 0.6 is 11.3 Å². The third-order valence-electron chi connectivity index (χ3n) is 3.77. The summed E-state index contributed by atoms with van der Waals surface area (Å²) in [4.78, 5) is 27.6. The zero-order valence-corrected chi connectivity index (χ0v) is 12.8. The van der Waals surface area contributed by atoms with Crippen molar-refractivity contribution in [3.8, 4) is 0 Å². The van der Waals surface area contributed by atoms with Crippen molar-refractivity contribution in [2.45, 2.75) is 37.8 Å². The first-order valence-corrected chi connectivity index (χ1v) is 8.11. The summed E-state index contributed by atoms with van der Waals surface area (Å²) in [5.74, 6) is 0. The first-order chi connectivity index (χ1) is 10.7. The SMILES string of the molecule is O=C(Nc1nccs1)NC1CCC(n2ncccc2=O)CC1. The fourth-order valence-electron chi connectivity index (χ4n) is 2.71. The van der Waals surface area contributed by atoms with E-state index in [9.17, 15) is 9.59 Å². The lowest BCUT2D eigenvalue weighted by molar-refractivity contribution is 0.234.